The second kappa shape index (κ2) is 6.67. The number of carbonyl (C=O) groups excluding carboxylic acids is 1. The minimum absolute atomic E-state index is 0.0807. The summed E-state index contributed by atoms with van der Waals surface area (Å²) in [5.41, 5.74) is 5.24. The normalized spacial score (nSPS) is 9.17. The quantitative estimate of drug-likeness (QED) is 0.579. The molecule has 4 heteroatoms. The lowest BCUT2D eigenvalue weighted by atomic mass is 10.5. The van der Waals surface area contributed by atoms with Crippen molar-refractivity contribution in [2.75, 3.05) is 26.2 Å². The molecule has 0 aliphatic carbocycles. The van der Waals surface area contributed by atoms with Crippen LogP contribution in [0.2, 0.25) is 0 Å². The molecule has 0 aromatic heterocycles. The summed E-state index contributed by atoms with van der Waals surface area (Å²) in [6.45, 7) is 7.74. The van der Waals surface area contributed by atoms with E-state index in [9.17, 15) is 4.79 Å². The zero-order chi connectivity index (χ0) is 9.40. The van der Waals surface area contributed by atoms with E-state index < -0.39 is 0 Å². The van der Waals surface area contributed by atoms with Crippen LogP contribution in [0.3, 0.4) is 0 Å². The van der Waals surface area contributed by atoms with E-state index in [0.717, 1.165) is 0 Å². The van der Waals surface area contributed by atoms with Crippen molar-refractivity contribution in [3.05, 3.63) is 12.7 Å². The topological polar surface area (TPSA) is 58.4 Å². The Labute approximate surface area is 73.4 Å². The minimum Gasteiger partial charge on any atom is -0.337 e. The summed E-state index contributed by atoms with van der Waals surface area (Å²) in [7, 11) is 0. The van der Waals surface area contributed by atoms with Gasteiger partial charge in [-0.2, -0.15) is 0 Å². The SMILES string of the molecule is C=CCN(CC)C(=O)NCCN. The summed E-state index contributed by atoms with van der Waals surface area (Å²) >= 11 is 0. The van der Waals surface area contributed by atoms with Crippen LogP contribution >= 0.6 is 0 Å². The van der Waals surface area contributed by atoms with Crippen LogP contribution in [-0.2, 0) is 0 Å². The van der Waals surface area contributed by atoms with E-state index in [0.29, 0.717) is 26.2 Å². The first-order valence-corrected chi connectivity index (χ1v) is 4.10. The van der Waals surface area contributed by atoms with E-state index in [4.69, 9.17) is 5.73 Å². The average molecular weight is 171 g/mol. The Balaban J connectivity index is 3.76. The Morgan fingerprint density at radius 1 is 1.75 bits per heavy atom. The largest absolute Gasteiger partial charge is 0.337 e. The van der Waals surface area contributed by atoms with E-state index in [2.05, 4.69) is 11.9 Å². The Morgan fingerprint density at radius 2 is 2.42 bits per heavy atom. The molecule has 0 spiro atoms. The lowest BCUT2D eigenvalue weighted by Crippen LogP contribution is -2.41. The number of carbonyl (C=O) groups is 1. The molecule has 0 aromatic rings. The molecule has 0 aliphatic heterocycles. The smallest absolute Gasteiger partial charge is 0.317 e. The third-order valence-electron chi connectivity index (χ3n) is 1.44. The molecule has 0 aliphatic rings. The lowest BCUT2D eigenvalue weighted by molar-refractivity contribution is 0.206. The molecule has 12 heavy (non-hydrogen) atoms. The van der Waals surface area contributed by atoms with Gasteiger partial charge in [-0.15, -0.1) is 6.58 Å². The van der Waals surface area contributed by atoms with Gasteiger partial charge >= 0.3 is 6.03 Å². The van der Waals surface area contributed by atoms with Crippen LogP contribution in [0, 0.1) is 0 Å². The summed E-state index contributed by atoms with van der Waals surface area (Å²) in [5, 5.41) is 2.68. The molecule has 0 atom stereocenters. The maximum Gasteiger partial charge on any atom is 0.317 e. The number of rotatable bonds is 5. The molecule has 0 fully saturated rings. The van der Waals surface area contributed by atoms with Gasteiger partial charge in [-0.25, -0.2) is 4.79 Å². The number of likely N-dealkylation sites (N-methyl/N-ethyl adjacent to an activating group) is 1. The fraction of sp³-hybridized carbons (Fsp3) is 0.625. The van der Waals surface area contributed by atoms with Crippen molar-refractivity contribution in [1.82, 2.24) is 10.2 Å². The number of nitrogens with one attached hydrogen (secondary N) is 1. The van der Waals surface area contributed by atoms with Crippen molar-refractivity contribution < 1.29 is 4.79 Å². The van der Waals surface area contributed by atoms with Crippen molar-refractivity contribution in [3.8, 4) is 0 Å². The van der Waals surface area contributed by atoms with E-state index >= 15 is 0 Å². The fourth-order valence-electron chi connectivity index (χ4n) is 0.802. The van der Waals surface area contributed by atoms with Gasteiger partial charge in [0, 0.05) is 26.2 Å². The second-order valence-corrected chi connectivity index (χ2v) is 2.35. The number of nitrogens with two attached hydrogens (primary N) is 1. The Hall–Kier alpha value is -1.03. The van der Waals surface area contributed by atoms with Crippen molar-refractivity contribution in [3.63, 3.8) is 0 Å². The summed E-state index contributed by atoms with van der Waals surface area (Å²) in [6, 6.07) is -0.0807. The predicted octanol–water partition coefficient (Wildman–Crippen LogP) is 0.163. The molecular weight excluding hydrogens is 154 g/mol. The monoisotopic (exact) mass is 171 g/mol. The molecule has 0 rings (SSSR count). The number of hydrogen-bond acceptors (Lipinski definition) is 2. The van der Waals surface area contributed by atoms with E-state index in [1.807, 2.05) is 6.92 Å². The summed E-state index contributed by atoms with van der Waals surface area (Å²) in [4.78, 5) is 12.9. The minimum atomic E-state index is -0.0807. The van der Waals surface area contributed by atoms with Crippen LogP contribution in [0.4, 0.5) is 4.79 Å². The molecule has 0 radical (unpaired) electrons. The summed E-state index contributed by atoms with van der Waals surface area (Å²) in [5.74, 6) is 0. The molecule has 0 aromatic carbocycles. The van der Waals surface area contributed by atoms with Gasteiger partial charge in [0.05, 0.1) is 0 Å². The average Bonchev–Trinajstić information content (AvgIpc) is 2.10. The van der Waals surface area contributed by atoms with Crippen LogP contribution in [0.15, 0.2) is 12.7 Å². The van der Waals surface area contributed by atoms with Gasteiger partial charge < -0.3 is 16.0 Å². The maximum atomic E-state index is 11.2. The fourth-order valence-corrected chi connectivity index (χ4v) is 0.802. The molecule has 70 valence electrons. The number of amides is 2. The zero-order valence-electron chi connectivity index (χ0n) is 7.55. The molecule has 4 nitrogen and oxygen atoms in total. The Morgan fingerprint density at radius 3 is 2.83 bits per heavy atom. The summed E-state index contributed by atoms with van der Waals surface area (Å²) < 4.78 is 0. The van der Waals surface area contributed by atoms with Crippen LogP contribution < -0.4 is 11.1 Å². The highest BCUT2D eigenvalue weighted by Crippen LogP contribution is 1.88. The van der Waals surface area contributed by atoms with Crippen molar-refractivity contribution in [2.45, 2.75) is 6.92 Å². The van der Waals surface area contributed by atoms with Gasteiger partial charge in [-0.3, -0.25) is 0 Å². The first kappa shape index (κ1) is 11.0. The Kier molecular flexibility index (Phi) is 6.09. The molecule has 2 amide bonds. The van der Waals surface area contributed by atoms with E-state index in [1.165, 1.54) is 0 Å². The van der Waals surface area contributed by atoms with Crippen molar-refractivity contribution in [2.24, 2.45) is 5.73 Å². The molecule has 0 saturated heterocycles. The first-order valence-electron chi connectivity index (χ1n) is 4.10. The van der Waals surface area contributed by atoms with Crippen LogP contribution in [0.1, 0.15) is 6.92 Å². The van der Waals surface area contributed by atoms with Gasteiger partial charge in [-0.1, -0.05) is 6.08 Å². The summed E-state index contributed by atoms with van der Waals surface area (Å²) in [6.07, 6.45) is 1.70. The van der Waals surface area contributed by atoms with Gasteiger partial charge in [-0.05, 0) is 6.92 Å². The lowest BCUT2D eigenvalue weighted by Gasteiger charge is -2.18. The molecule has 0 bridgehead atoms. The van der Waals surface area contributed by atoms with Gasteiger partial charge in [0.2, 0.25) is 0 Å². The van der Waals surface area contributed by atoms with Gasteiger partial charge in [0.25, 0.3) is 0 Å². The number of hydrogen-bond donors (Lipinski definition) is 2. The van der Waals surface area contributed by atoms with Crippen molar-refractivity contribution in [1.29, 1.82) is 0 Å². The standard InChI is InChI=1S/C8H17N3O/c1-3-7-11(4-2)8(12)10-6-5-9/h3H,1,4-7,9H2,2H3,(H,10,12). The number of nitrogens with zero attached hydrogens (tertiary/aromatic N) is 1. The van der Waals surface area contributed by atoms with Gasteiger partial charge in [0.15, 0.2) is 0 Å². The highest BCUT2D eigenvalue weighted by atomic mass is 16.2. The maximum absolute atomic E-state index is 11.2. The van der Waals surface area contributed by atoms with E-state index in [1.54, 1.807) is 11.0 Å². The van der Waals surface area contributed by atoms with E-state index in [-0.39, 0.29) is 6.03 Å². The zero-order valence-corrected chi connectivity index (χ0v) is 7.55. The van der Waals surface area contributed by atoms with Crippen molar-refractivity contribution >= 4 is 6.03 Å². The molecule has 0 unspecified atom stereocenters. The molecule has 0 heterocycles. The van der Waals surface area contributed by atoms with Crippen LogP contribution in [0.5, 0.6) is 0 Å². The molecule has 0 saturated carbocycles. The third-order valence-corrected chi connectivity index (χ3v) is 1.44. The second-order valence-electron chi connectivity index (χ2n) is 2.35. The molecule has 3 N–H and O–H groups in total. The number of urea groups is 1. The highest BCUT2D eigenvalue weighted by Gasteiger charge is 2.06. The van der Waals surface area contributed by atoms with Gasteiger partial charge in [0.1, 0.15) is 0 Å². The first-order chi connectivity index (χ1) is 5.76. The van der Waals surface area contributed by atoms with Crippen LogP contribution in [0.25, 0.3) is 0 Å². The third kappa shape index (κ3) is 3.98. The Bertz CT molecular complexity index is 147. The highest BCUT2D eigenvalue weighted by molar-refractivity contribution is 5.74. The van der Waals surface area contributed by atoms with Crippen LogP contribution in [-0.4, -0.2) is 37.1 Å². The molecular formula is C8H17N3O. The predicted molar refractivity (Wildman–Crippen MR) is 49.9 cm³/mol.